The van der Waals surface area contributed by atoms with Crippen molar-refractivity contribution in [1.29, 1.82) is 0 Å². The Hall–Kier alpha value is -1.69. The Morgan fingerprint density at radius 3 is 2.71 bits per heavy atom. The van der Waals surface area contributed by atoms with E-state index in [2.05, 4.69) is 15.4 Å². The molecule has 0 bridgehead atoms. The lowest BCUT2D eigenvalue weighted by atomic mass is 9.93. The van der Waals surface area contributed by atoms with Crippen LogP contribution < -0.4 is 15.4 Å². The smallest absolute Gasteiger partial charge is 0.224 e. The van der Waals surface area contributed by atoms with E-state index in [0.29, 0.717) is 12.3 Å². The summed E-state index contributed by atoms with van der Waals surface area (Å²) in [6.45, 7) is 1.95. The van der Waals surface area contributed by atoms with Gasteiger partial charge >= 0.3 is 0 Å². The predicted octanol–water partition coefficient (Wildman–Crippen LogP) is 2.69. The van der Waals surface area contributed by atoms with Crippen LogP contribution in [-0.2, 0) is 4.79 Å². The molecule has 0 aliphatic carbocycles. The molecule has 4 nitrogen and oxygen atoms in total. The summed E-state index contributed by atoms with van der Waals surface area (Å²) in [4.78, 5) is 11.8. The number of halogens is 2. The van der Waals surface area contributed by atoms with E-state index in [1.165, 1.54) is 7.11 Å². The van der Waals surface area contributed by atoms with E-state index in [0.717, 1.165) is 44.5 Å². The number of carbonyl (C=O) groups is 1. The SMILES string of the molecule is COc1cc(F)c(NC(=O)CCC2CCNCC2)cc1F. The molecule has 0 saturated carbocycles. The summed E-state index contributed by atoms with van der Waals surface area (Å²) >= 11 is 0. The molecular weight excluding hydrogens is 278 g/mol. The molecule has 0 aromatic heterocycles. The average Bonchev–Trinajstić information content (AvgIpc) is 2.49. The molecule has 116 valence electrons. The van der Waals surface area contributed by atoms with Crippen molar-refractivity contribution in [3.63, 3.8) is 0 Å². The summed E-state index contributed by atoms with van der Waals surface area (Å²) in [6.07, 6.45) is 3.20. The van der Waals surface area contributed by atoms with Gasteiger partial charge in [0.1, 0.15) is 0 Å². The second-order valence-electron chi connectivity index (χ2n) is 5.25. The van der Waals surface area contributed by atoms with Gasteiger partial charge in [0.05, 0.1) is 12.8 Å². The lowest BCUT2D eigenvalue weighted by molar-refractivity contribution is -0.116. The molecule has 1 saturated heterocycles. The van der Waals surface area contributed by atoms with Crippen molar-refractivity contribution in [2.24, 2.45) is 5.92 Å². The van der Waals surface area contributed by atoms with E-state index in [1.807, 2.05) is 0 Å². The molecule has 1 aromatic carbocycles. The fraction of sp³-hybridized carbons (Fsp3) is 0.533. The van der Waals surface area contributed by atoms with Crippen LogP contribution in [0.15, 0.2) is 12.1 Å². The van der Waals surface area contributed by atoms with Gasteiger partial charge in [0.2, 0.25) is 5.91 Å². The highest BCUT2D eigenvalue weighted by atomic mass is 19.1. The first-order valence-corrected chi connectivity index (χ1v) is 7.13. The number of rotatable bonds is 5. The number of hydrogen-bond donors (Lipinski definition) is 2. The number of carbonyl (C=O) groups excluding carboxylic acids is 1. The number of ether oxygens (including phenoxy) is 1. The maximum Gasteiger partial charge on any atom is 0.224 e. The van der Waals surface area contributed by atoms with Crippen LogP contribution >= 0.6 is 0 Å². The van der Waals surface area contributed by atoms with Crippen molar-refractivity contribution < 1.29 is 18.3 Å². The van der Waals surface area contributed by atoms with E-state index in [1.54, 1.807) is 0 Å². The van der Waals surface area contributed by atoms with Crippen molar-refractivity contribution in [3.8, 4) is 5.75 Å². The number of nitrogens with one attached hydrogen (secondary N) is 2. The molecule has 0 unspecified atom stereocenters. The van der Waals surface area contributed by atoms with Crippen LogP contribution in [0.5, 0.6) is 5.75 Å². The highest BCUT2D eigenvalue weighted by molar-refractivity contribution is 5.90. The molecule has 2 N–H and O–H groups in total. The fourth-order valence-electron chi connectivity index (χ4n) is 2.50. The summed E-state index contributed by atoms with van der Waals surface area (Å²) in [5, 5.41) is 5.68. The molecule has 0 atom stereocenters. The van der Waals surface area contributed by atoms with Crippen LogP contribution in [0.25, 0.3) is 0 Å². The van der Waals surface area contributed by atoms with E-state index < -0.39 is 11.6 Å². The fourth-order valence-corrected chi connectivity index (χ4v) is 2.50. The molecule has 1 aromatic rings. The number of piperidine rings is 1. The quantitative estimate of drug-likeness (QED) is 0.878. The van der Waals surface area contributed by atoms with Crippen molar-refractivity contribution in [1.82, 2.24) is 5.32 Å². The largest absolute Gasteiger partial charge is 0.494 e. The van der Waals surface area contributed by atoms with Gasteiger partial charge in [0, 0.05) is 18.6 Å². The van der Waals surface area contributed by atoms with Crippen molar-refractivity contribution in [2.45, 2.75) is 25.7 Å². The third-order valence-corrected chi connectivity index (χ3v) is 3.75. The van der Waals surface area contributed by atoms with E-state index in [4.69, 9.17) is 0 Å². The number of methoxy groups -OCH3 is 1. The summed E-state index contributed by atoms with van der Waals surface area (Å²) in [7, 11) is 1.26. The van der Waals surface area contributed by atoms with Crippen LogP contribution in [0.4, 0.5) is 14.5 Å². The van der Waals surface area contributed by atoms with Gasteiger partial charge in [-0.25, -0.2) is 8.78 Å². The van der Waals surface area contributed by atoms with Gasteiger partial charge < -0.3 is 15.4 Å². The highest BCUT2D eigenvalue weighted by Gasteiger charge is 2.16. The number of benzene rings is 1. The molecule has 1 aliphatic heterocycles. The van der Waals surface area contributed by atoms with Crippen molar-refractivity contribution in [2.75, 3.05) is 25.5 Å². The Balaban J connectivity index is 1.88. The number of hydrogen-bond acceptors (Lipinski definition) is 3. The summed E-state index contributed by atoms with van der Waals surface area (Å²) in [5.41, 5.74) is -0.149. The first-order chi connectivity index (χ1) is 10.1. The lowest BCUT2D eigenvalue weighted by Crippen LogP contribution is -2.28. The minimum absolute atomic E-state index is 0.149. The minimum atomic E-state index is -0.705. The van der Waals surface area contributed by atoms with E-state index in [-0.39, 0.29) is 17.3 Å². The predicted molar refractivity (Wildman–Crippen MR) is 76.4 cm³/mol. The van der Waals surface area contributed by atoms with E-state index in [9.17, 15) is 13.6 Å². The van der Waals surface area contributed by atoms with Gasteiger partial charge in [-0.1, -0.05) is 0 Å². The Bertz CT molecular complexity index is 503. The zero-order valence-electron chi connectivity index (χ0n) is 12.0. The summed E-state index contributed by atoms with van der Waals surface area (Å²) in [6, 6.07) is 1.87. The van der Waals surface area contributed by atoms with Crippen LogP contribution in [0.3, 0.4) is 0 Å². The Morgan fingerprint density at radius 1 is 1.33 bits per heavy atom. The topological polar surface area (TPSA) is 50.4 Å². The first-order valence-electron chi connectivity index (χ1n) is 7.13. The zero-order chi connectivity index (χ0) is 15.2. The van der Waals surface area contributed by atoms with E-state index >= 15 is 0 Å². The highest BCUT2D eigenvalue weighted by Crippen LogP contribution is 2.25. The molecular formula is C15H20F2N2O2. The monoisotopic (exact) mass is 298 g/mol. The molecule has 1 aliphatic rings. The average molecular weight is 298 g/mol. The van der Waals surface area contributed by atoms with Crippen molar-refractivity contribution in [3.05, 3.63) is 23.8 Å². The van der Waals surface area contributed by atoms with Gasteiger partial charge in [0.25, 0.3) is 0 Å². The maximum absolute atomic E-state index is 13.7. The normalized spacial score (nSPS) is 15.8. The molecule has 1 fully saturated rings. The lowest BCUT2D eigenvalue weighted by Gasteiger charge is -2.22. The second kappa shape index (κ2) is 7.36. The van der Waals surface area contributed by atoms with Crippen LogP contribution in [-0.4, -0.2) is 26.1 Å². The zero-order valence-corrected chi connectivity index (χ0v) is 12.0. The molecule has 1 heterocycles. The van der Waals surface area contributed by atoms with Crippen molar-refractivity contribution >= 4 is 11.6 Å². The second-order valence-corrected chi connectivity index (χ2v) is 5.25. The number of amides is 1. The standard InChI is InChI=1S/C15H20F2N2O2/c1-21-14-9-11(16)13(8-12(14)17)19-15(20)3-2-10-4-6-18-7-5-10/h8-10,18H,2-7H2,1H3,(H,19,20). The van der Waals surface area contributed by atoms with Gasteiger partial charge in [-0.2, -0.15) is 0 Å². The number of anilines is 1. The van der Waals surface area contributed by atoms with Crippen LogP contribution in [0.2, 0.25) is 0 Å². The van der Waals surface area contributed by atoms with Gasteiger partial charge in [-0.3, -0.25) is 4.79 Å². The first kappa shape index (κ1) is 15.7. The van der Waals surface area contributed by atoms with Gasteiger partial charge in [0.15, 0.2) is 17.4 Å². The molecule has 21 heavy (non-hydrogen) atoms. The van der Waals surface area contributed by atoms with Gasteiger partial charge in [-0.05, 0) is 38.3 Å². The van der Waals surface area contributed by atoms with Gasteiger partial charge in [-0.15, -0.1) is 0 Å². The maximum atomic E-state index is 13.7. The molecule has 0 spiro atoms. The van der Waals surface area contributed by atoms with Crippen LogP contribution in [0, 0.1) is 17.6 Å². The summed E-state index contributed by atoms with van der Waals surface area (Å²) in [5.74, 6) is -1.36. The Labute approximate surface area is 122 Å². The molecule has 0 radical (unpaired) electrons. The summed E-state index contributed by atoms with van der Waals surface area (Å²) < 4.78 is 31.9. The Morgan fingerprint density at radius 2 is 2.05 bits per heavy atom. The van der Waals surface area contributed by atoms with Crippen LogP contribution in [0.1, 0.15) is 25.7 Å². The third-order valence-electron chi connectivity index (χ3n) is 3.75. The Kier molecular flexibility index (Phi) is 5.50. The molecule has 2 rings (SSSR count). The minimum Gasteiger partial charge on any atom is -0.494 e. The molecule has 1 amide bonds. The third kappa shape index (κ3) is 4.39. The molecule has 6 heteroatoms.